The molecule has 1 aromatic heterocycles. The van der Waals surface area contributed by atoms with Crippen LogP contribution in [0.2, 0.25) is 0 Å². The van der Waals surface area contributed by atoms with Crippen LogP contribution in [0.3, 0.4) is 0 Å². The number of nitrogens with one attached hydrogen (secondary N) is 1. The highest BCUT2D eigenvalue weighted by molar-refractivity contribution is 7.89. The minimum absolute atomic E-state index is 0. The monoisotopic (exact) mass is 352 g/mol. The van der Waals surface area contributed by atoms with Crippen LogP contribution in [0.25, 0.3) is 0 Å². The van der Waals surface area contributed by atoms with Crippen LogP contribution in [0.4, 0.5) is 0 Å². The molecule has 7 nitrogen and oxygen atoms in total. The molecular formula is C13H21ClN2O5S. The molecule has 1 saturated heterocycles. The Labute approximate surface area is 136 Å². The van der Waals surface area contributed by atoms with Crippen LogP contribution in [0.5, 0.6) is 0 Å². The minimum atomic E-state index is -3.70. The maximum Gasteiger partial charge on any atom is 0.341 e. The van der Waals surface area contributed by atoms with E-state index in [4.69, 9.17) is 4.42 Å². The van der Waals surface area contributed by atoms with Crippen molar-refractivity contribution in [2.75, 3.05) is 33.8 Å². The quantitative estimate of drug-likeness (QED) is 0.798. The summed E-state index contributed by atoms with van der Waals surface area (Å²) in [5.41, 5.74) is 0.0971. The van der Waals surface area contributed by atoms with E-state index < -0.39 is 16.0 Å². The average molecular weight is 353 g/mol. The van der Waals surface area contributed by atoms with E-state index in [1.807, 2.05) is 7.05 Å². The highest BCUT2D eigenvalue weighted by atomic mass is 35.5. The van der Waals surface area contributed by atoms with Crippen molar-refractivity contribution in [2.45, 2.75) is 17.9 Å². The van der Waals surface area contributed by atoms with E-state index in [2.05, 4.69) is 10.1 Å². The van der Waals surface area contributed by atoms with Gasteiger partial charge in [0.2, 0.25) is 5.09 Å². The normalized spacial score (nSPS) is 19.5. The molecule has 0 aliphatic carbocycles. The van der Waals surface area contributed by atoms with Crippen LogP contribution in [-0.4, -0.2) is 52.5 Å². The first-order valence-electron chi connectivity index (χ1n) is 6.80. The van der Waals surface area contributed by atoms with Crippen LogP contribution in [-0.2, 0) is 14.8 Å². The summed E-state index contributed by atoms with van der Waals surface area (Å²) < 4.78 is 36.1. The van der Waals surface area contributed by atoms with E-state index >= 15 is 0 Å². The second-order valence-electron chi connectivity index (χ2n) is 5.07. The van der Waals surface area contributed by atoms with Gasteiger partial charge in [-0.25, -0.2) is 13.2 Å². The van der Waals surface area contributed by atoms with E-state index in [-0.39, 0.29) is 29.0 Å². The third-order valence-electron chi connectivity index (χ3n) is 3.57. The molecule has 0 bridgehead atoms. The summed E-state index contributed by atoms with van der Waals surface area (Å²) in [6, 6.07) is 1.21. The minimum Gasteiger partial charge on any atom is -0.465 e. The maximum absolute atomic E-state index is 12.5. The van der Waals surface area contributed by atoms with Gasteiger partial charge in [-0.05, 0) is 32.4 Å². The van der Waals surface area contributed by atoms with Gasteiger partial charge >= 0.3 is 5.97 Å². The second-order valence-corrected chi connectivity index (χ2v) is 6.94. The van der Waals surface area contributed by atoms with Crippen molar-refractivity contribution in [3.63, 3.8) is 0 Å². The Morgan fingerprint density at radius 2 is 2.27 bits per heavy atom. The van der Waals surface area contributed by atoms with Crippen molar-refractivity contribution < 1.29 is 22.4 Å². The molecule has 1 fully saturated rings. The second kappa shape index (κ2) is 7.96. The Balaban J connectivity index is 0.00000242. The Bertz CT molecular complexity index is 599. The smallest absolute Gasteiger partial charge is 0.341 e. The molecule has 0 amide bonds. The molecule has 126 valence electrons. The number of carbonyl (C=O) groups excluding carboxylic acids is 1. The van der Waals surface area contributed by atoms with Gasteiger partial charge in [0, 0.05) is 19.2 Å². The molecule has 0 aromatic carbocycles. The van der Waals surface area contributed by atoms with E-state index in [1.165, 1.54) is 17.5 Å². The molecule has 2 heterocycles. The van der Waals surface area contributed by atoms with Crippen molar-refractivity contribution >= 4 is 28.4 Å². The lowest BCUT2D eigenvalue weighted by Gasteiger charge is -2.31. The highest BCUT2D eigenvalue weighted by Gasteiger charge is 2.32. The number of ether oxygens (including phenoxy) is 1. The number of furan rings is 1. The zero-order valence-electron chi connectivity index (χ0n) is 12.6. The number of methoxy groups -OCH3 is 1. The van der Waals surface area contributed by atoms with Crippen LogP contribution in [0.1, 0.15) is 23.2 Å². The van der Waals surface area contributed by atoms with Gasteiger partial charge in [-0.1, -0.05) is 0 Å². The zero-order valence-corrected chi connectivity index (χ0v) is 14.2. The van der Waals surface area contributed by atoms with Gasteiger partial charge in [-0.2, -0.15) is 4.31 Å². The summed E-state index contributed by atoms with van der Waals surface area (Å²) in [5, 5.41) is 2.85. The van der Waals surface area contributed by atoms with Gasteiger partial charge in [-0.3, -0.25) is 0 Å². The van der Waals surface area contributed by atoms with Crippen LogP contribution < -0.4 is 5.32 Å². The van der Waals surface area contributed by atoms with E-state index in [9.17, 15) is 13.2 Å². The summed E-state index contributed by atoms with van der Waals surface area (Å²) in [7, 11) is -0.621. The van der Waals surface area contributed by atoms with Crippen LogP contribution in [0, 0.1) is 5.92 Å². The molecule has 0 spiro atoms. The fourth-order valence-electron chi connectivity index (χ4n) is 2.50. The van der Waals surface area contributed by atoms with Gasteiger partial charge in [0.25, 0.3) is 10.0 Å². The molecule has 1 aliphatic rings. The average Bonchev–Trinajstić information content (AvgIpc) is 2.97. The largest absolute Gasteiger partial charge is 0.465 e. The molecular weight excluding hydrogens is 332 g/mol. The number of halogens is 1. The van der Waals surface area contributed by atoms with Crippen LogP contribution in [0.15, 0.2) is 21.8 Å². The first-order valence-corrected chi connectivity index (χ1v) is 8.24. The topological polar surface area (TPSA) is 88.9 Å². The van der Waals surface area contributed by atoms with Crippen molar-refractivity contribution in [3.8, 4) is 0 Å². The first kappa shape index (κ1) is 19.0. The van der Waals surface area contributed by atoms with Gasteiger partial charge < -0.3 is 14.5 Å². The summed E-state index contributed by atoms with van der Waals surface area (Å²) in [5.74, 6) is -0.333. The Morgan fingerprint density at radius 3 is 2.91 bits per heavy atom. The highest BCUT2D eigenvalue weighted by Crippen LogP contribution is 2.25. The number of esters is 1. The molecule has 2 rings (SSSR count). The Kier molecular flexibility index (Phi) is 6.86. The fourth-order valence-corrected chi connectivity index (χ4v) is 3.98. The van der Waals surface area contributed by atoms with Crippen molar-refractivity contribution in [2.24, 2.45) is 5.92 Å². The zero-order chi connectivity index (χ0) is 15.5. The number of rotatable bonds is 5. The summed E-state index contributed by atoms with van der Waals surface area (Å²) in [6.45, 7) is 1.70. The lowest BCUT2D eigenvalue weighted by molar-refractivity contribution is 0.0600. The third kappa shape index (κ3) is 4.01. The van der Waals surface area contributed by atoms with Crippen molar-refractivity contribution in [3.05, 3.63) is 17.9 Å². The predicted octanol–water partition coefficient (Wildman–Crippen LogP) is 1.11. The number of hydrogen-bond acceptors (Lipinski definition) is 6. The summed E-state index contributed by atoms with van der Waals surface area (Å²) in [4.78, 5) is 11.4. The predicted molar refractivity (Wildman–Crippen MR) is 82.7 cm³/mol. The van der Waals surface area contributed by atoms with Gasteiger partial charge in [0.05, 0.1) is 12.7 Å². The lowest BCUT2D eigenvalue weighted by Crippen LogP contribution is -2.42. The molecule has 1 unspecified atom stereocenters. The maximum atomic E-state index is 12.5. The van der Waals surface area contributed by atoms with Crippen molar-refractivity contribution in [1.29, 1.82) is 0 Å². The number of piperidine rings is 1. The number of carbonyl (C=O) groups is 1. The van der Waals surface area contributed by atoms with E-state index in [1.54, 1.807) is 0 Å². The van der Waals surface area contributed by atoms with Crippen LogP contribution >= 0.6 is 12.4 Å². The number of sulfonamides is 1. The molecule has 1 atom stereocenters. The number of hydrogen-bond donors (Lipinski definition) is 1. The molecule has 9 heteroatoms. The van der Waals surface area contributed by atoms with Gasteiger partial charge in [0.15, 0.2) is 0 Å². The molecule has 1 N–H and O–H groups in total. The Morgan fingerprint density at radius 1 is 1.55 bits per heavy atom. The molecule has 1 aliphatic heterocycles. The molecule has 1 aromatic rings. The van der Waals surface area contributed by atoms with Gasteiger partial charge in [0.1, 0.15) is 6.26 Å². The van der Waals surface area contributed by atoms with E-state index in [0.29, 0.717) is 13.1 Å². The lowest BCUT2D eigenvalue weighted by atomic mass is 10.00. The molecule has 0 saturated carbocycles. The molecule has 22 heavy (non-hydrogen) atoms. The van der Waals surface area contributed by atoms with E-state index in [0.717, 1.165) is 25.6 Å². The van der Waals surface area contributed by atoms with Crippen molar-refractivity contribution in [1.82, 2.24) is 9.62 Å². The fraction of sp³-hybridized carbons (Fsp3) is 0.615. The SMILES string of the molecule is CNCC1CCCN(S(=O)(=O)c2cc(C(=O)OC)co2)C1.Cl. The standard InChI is InChI=1S/C13H20N2O5S.ClH/c1-14-7-10-4-3-5-15(8-10)21(17,18)12-6-11(9-20-12)13(16)19-2;/h6,9-10,14H,3-5,7-8H2,1-2H3;1H. The summed E-state index contributed by atoms with van der Waals surface area (Å²) >= 11 is 0. The Hall–Kier alpha value is -1.09. The summed E-state index contributed by atoms with van der Waals surface area (Å²) in [6.07, 6.45) is 2.92. The molecule has 0 radical (unpaired) electrons. The first-order chi connectivity index (χ1) is 9.98. The van der Waals surface area contributed by atoms with Gasteiger partial charge in [-0.15, -0.1) is 12.4 Å². The number of nitrogens with zero attached hydrogens (tertiary/aromatic N) is 1. The third-order valence-corrected chi connectivity index (χ3v) is 5.30.